The molecule has 0 aromatic rings. The van der Waals surface area contributed by atoms with E-state index in [0.717, 1.165) is 0 Å². The molecule has 0 saturated heterocycles. The molecule has 0 fully saturated rings. The SMILES string of the molecule is CC(C)[C@H]1[C-]=CC(=O)N1C.[Y]. The zero-order valence-corrected chi connectivity index (χ0v) is 10.0. The van der Waals surface area contributed by atoms with Gasteiger partial charge in [-0.15, -0.1) is 0 Å². The molecular weight excluding hydrogens is 215 g/mol. The molecule has 1 amide bonds. The molecule has 1 atom stereocenters. The van der Waals surface area contributed by atoms with Crippen LogP contribution in [0, 0.1) is 12.0 Å². The molecule has 0 spiro atoms. The van der Waals surface area contributed by atoms with E-state index in [1.807, 2.05) is 7.05 Å². The Kier molecular flexibility index (Phi) is 4.49. The van der Waals surface area contributed by atoms with Crippen molar-refractivity contribution in [2.24, 2.45) is 5.92 Å². The van der Waals surface area contributed by atoms with Crippen molar-refractivity contribution in [3.8, 4) is 0 Å². The molecule has 11 heavy (non-hydrogen) atoms. The van der Waals surface area contributed by atoms with Gasteiger partial charge in [0.25, 0.3) is 0 Å². The van der Waals surface area contributed by atoms with Gasteiger partial charge in [0.05, 0.1) is 5.91 Å². The summed E-state index contributed by atoms with van der Waals surface area (Å²) in [5.74, 6) is 0.534. The van der Waals surface area contributed by atoms with E-state index in [0.29, 0.717) is 5.92 Å². The minimum Gasteiger partial charge on any atom is -0.429 e. The maximum Gasteiger partial charge on any atom is 0.0861 e. The standard InChI is InChI=1S/C8H12NO.Y/c1-6(2)7-4-5-8(10)9(7)3;/h5-7H,1-3H3;/q-1;/t7-;/m1./s1. The Labute approximate surface area is 92.9 Å². The van der Waals surface area contributed by atoms with Crippen LogP contribution in [0.4, 0.5) is 0 Å². The zero-order valence-electron chi connectivity index (χ0n) is 7.16. The van der Waals surface area contributed by atoms with Crippen LogP contribution in [0.2, 0.25) is 0 Å². The third kappa shape index (κ3) is 2.38. The van der Waals surface area contributed by atoms with Gasteiger partial charge >= 0.3 is 0 Å². The van der Waals surface area contributed by atoms with Gasteiger partial charge in [-0.1, -0.05) is 13.8 Å². The van der Waals surface area contributed by atoms with Crippen LogP contribution in [-0.2, 0) is 37.5 Å². The van der Waals surface area contributed by atoms with Crippen molar-refractivity contribution in [3.63, 3.8) is 0 Å². The van der Waals surface area contributed by atoms with Gasteiger partial charge in [0.1, 0.15) is 0 Å². The van der Waals surface area contributed by atoms with Gasteiger partial charge in [-0.2, -0.15) is 6.08 Å². The maximum atomic E-state index is 10.9. The van der Waals surface area contributed by atoms with E-state index < -0.39 is 0 Å². The van der Waals surface area contributed by atoms with Crippen molar-refractivity contribution in [2.75, 3.05) is 7.05 Å². The third-order valence-corrected chi connectivity index (χ3v) is 1.77. The van der Waals surface area contributed by atoms with E-state index >= 15 is 0 Å². The monoisotopic (exact) mass is 227 g/mol. The van der Waals surface area contributed by atoms with E-state index in [9.17, 15) is 4.79 Å². The molecule has 1 radical (unpaired) electrons. The van der Waals surface area contributed by atoms with Crippen molar-refractivity contribution in [3.05, 3.63) is 12.2 Å². The summed E-state index contributed by atoms with van der Waals surface area (Å²) in [6.07, 6.45) is 4.53. The van der Waals surface area contributed by atoms with Gasteiger partial charge in [-0.3, -0.25) is 0 Å². The number of carbonyl (C=O) groups is 1. The van der Waals surface area contributed by atoms with Crippen molar-refractivity contribution < 1.29 is 37.5 Å². The summed E-state index contributed by atoms with van der Waals surface area (Å²) in [5.41, 5.74) is 0. The van der Waals surface area contributed by atoms with Gasteiger partial charge in [-0.25, -0.2) is 6.08 Å². The van der Waals surface area contributed by atoms with Crippen molar-refractivity contribution in [2.45, 2.75) is 19.9 Å². The number of amides is 1. The minimum atomic E-state index is 0. The van der Waals surface area contributed by atoms with Crippen LogP contribution in [0.15, 0.2) is 6.08 Å². The molecule has 1 aliphatic heterocycles. The normalized spacial score (nSPS) is 22.7. The Morgan fingerprint density at radius 2 is 2.18 bits per heavy atom. The molecule has 0 N–H and O–H groups in total. The van der Waals surface area contributed by atoms with Gasteiger partial charge in [0.2, 0.25) is 0 Å². The summed E-state index contributed by atoms with van der Waals surface area (Å²) in [7, 11) is 1.81. The van der Waals surface area contributed by atoms with E-state index in [1.165, 1.54) is 6.08 Å². The molecule has 0 bridgehead atoms. The van der Waals surface area contributed by atoms with Crippen molar-refractivity contribution in [1.29, 1.82) is 0 Å². The first kappa shape index (κ1) is 11.3. The maximum absolute atomic E-state index is 10.9. The molecule has 1 aliphatic rings. The average Bonchev–Trinajstić information content (AvgIpc) is 2.14. The first-order valence-corrected chi connectivity index (χ1v) is 3.49. The fraction of sp³-hybridized carbons (Fsp3) is 0.625. The molecule has 0 aromatic carbocycles. The number of likely N-dealkylation sites (N-methyl/N-ethyl adjacent to an activating group) is 1. The molecule has 3 heteroatoms. The predicted molar refractivity (Wildman–Crippen MR) is 39.2 cm³/mol. The summed E-state index contributed by atoms with van der Waals surface area (Å²) in [6, 6.07) is 0.187. The van der Waals surface area contributed by atoms with Gasteiger partial charge in [0.15, 0.2) is 0 Å². The van der Waals surface area contributed by atoms with Gasteiger partial charge < -0.3 is 9.69 Å². The van der Waals surface area contributed by atoms with Crippen LogP contribution >= 0.6 is 0 Å². The van der Waals surface area contributed by atoms with E-state index in [4.69, 9.17) is 0 Å². The number of nitrogens with zero attached hydrogens (tertiary/aromatic N) is 1. The first-order chi connectivity index (χ1) is 4.63. The summed E-state index contributed by atoms with van der Waals surface area (Å²) in [6.45, 7) is 4.17. The smallest absolute Gasteiger partial charge is 0.0861 e. The fourth-order valence-corrected chi connectivity index (χ4v) is 1.15. The predicted octanol–water partition coefficient (Wildman–Crippen LogP) is 0.840. The molecule has 59 valence electrons. The minimum absolute atomic E-state index is 0. The second kappa shape index (κ2) is 4.37. The molecule has 1 heterocycles. The van der Waals surface area contributed by atoms with Gasteiger partial charge in [0, 0.05) is 32.7 Å². The van der Waals surface area contributed by atoms with Crippen LogP contribution in [0.25, 0.3) is 0 Å². The van der Waals surface area contributed by atoms with E-state index in [2.05, 4.69) is 19.9 Å². The van der Waals surface area contributed by atoms with Crippen LogP contribution in [-0.4, -0.2) is 23.9 Å². The Morgan fingerprint density at radius 3 is 2.36 bits per heavy atom. The number of hydrogen-bond acceptors (Lipinski definition) is 1. The second-order valence-corrected chi connectivity index (χ2v) is 2.95. The van der Waals surface area contributed by atoms with Crippen LogP contribution in [0.5, 0.6) is 0 Å². The number of hydrogen-bond donors (Lipinski definition) is 0. The summed E-state index contributed by atoms with van der Waals surface area (Å²) < 4.78 is 0. The molecule has 0 aromatic heterocycles. The second-order valence-electron chi connectivity index (χ2n) is 2.95. The Morgan fingerprint density at radius 1 is 1.64 bits per heavy atom. The Hall–Kier alpha value is 0.314. The molecule has 0 saturated carbocycles. The summed E-state index contributed by atoms with van der Waals surface area (Å²) >= 11 is 0. The van der Waals surface area contributed by atoms with Gasteiger partial charge in [-0.05, 0) is 19.0 Å². The first-order valence-electron chi connectivity index (χ1n) is 3.49. The van der Waals surface area contributed by atoms with E-state index in [-0.39, 0.29) is 44.7 Å². The van der Waals surface area contributed by atoms with Crippen molar-refractivity contribution in [1.82, 2.24) is 4.90 Å². The largest absolute Gasteiger partial charge is 0.429 e. The molecule has 2 nitrogen and oxygen atoms in total. The van der Waals surface area contributed by atoms with E-state index in [1.54, 1.807) is 4.90 Å². The zero-order chi connectivity index (χ0) is 7.72. The molecular formula is C8H12NOY-. The molecule has 0 unspecified atom stereocenters. The Bertz CT molecular complexity index is 177. The van der Waals surface area contributed by atoms with Crippen LogP contribution < -0.4 is 0 Å². The molecule has 1 rings (SSSR count). The molecule has 0 aliphatic carbocycles. The Balaban J connectivity index is 0.000001000. The average molecular weight is 227 g/mol. The fourth-order valence-electron chi connectivity index (χ4n) is 1.15. The summed E-state index contributed by atoms with van der Waals surface area (Å²) in [4.78, 5) is 12.6. The van der Waals surface area contributed by atoms with Crippen LogP contribution in [0.1, 0.15) is 13.8 Å². The number of rotatable bonds is 1. The van der Waals surface area contributed by atoms with Crippen molar-refractivity contribution >= 4 is 5.91 Å². The topological polar surface area (TPSA) is 20.3 Å². The number of carbonyl (C=O) groups excluding carboxylic acids is 1. The van der Waals surface area contributed by atoms with Crippen LogP contribution in [0.3, 0.4) is 0 Å². The third-order valence-electron chi connectivity index (χ3n) is 1.77. The quantitative estimate of drug-likeness (QED) is 0.608. The summed E-state index contributed by atoms with van der Waals surface area (Å²) in [5, 5.41) is 0.